The maximum Gasteiger partial charge on any atom is 0.252 e. The van der Waals surface area contributed by atoms with Gasteiger partial charge in [-0.1, -0.05) is 18.2 Å². The molecule has 1 aromatic carbocycles. The number of rotatable bonds is 2. The molecular weight excluding hydrogens is 343 g/mol. The third-order valence-corrected chi connectivity index (χ3v) is 5.90. The van der Waals surface area contributed by atoms with Crippen LogP contribution in [0.15, 0.2) is 47.3 Å². The Labute approximate surface area is 159 Å². The number of fused-ring (bicyclic) bond motifs is 1. The van der Waals surface area contributed by atoms with Crippen LogP contribution >= 0.6 is 0 Å². The van der Waals surface area contributed by atoms with Crippen molar-refractivity contribution in [2.24, 2.45) is 5.92 Å². The number of benzene rings is 1. The lowest BCUT2D eigenvalue weighted by molar-refractivity contribution is -0.129. The van der Waals surface area contributed by atoms with Gasteiger partial charge in [-0.05, 0) is 50.3 Å². The van der Waals surface area contributed by atoms with Crippen LogP contribution < -0.4 is 5.32 Å². The van der Waals surface area contributed by atoms with E-state index in [2.05, 4.69) is 5.32 Å². The van der Waals surface area contributed by atoms with Gasteiger partial charge in [0.25, 0.3) is 5.91 Å². The van der Waals surface area contributed by atoms with Gasteiger partial charge in [0, 0.05) is 42.4 Å². The highest BCUT2D eigenvalue weighted by Gasteiger charge is 2.43. The normalized spacial score (nSPS) is 25.6. The monoisotopic (exact) mass is 368 g/mol. The quantitative estimate of drug-likeness (QED) is 0.867. The van der Waals surface area contributed by atoms with Crippen LogP contribution in [0.3, 0.4) is 0 Å². The second-order valence-corrected chi connectivity index (χ2v) is 7.69. The molecule has 1 aromatic rings. The molecule has 27 heavy (non-hydrogen) atoms. The van der Waals surface area contributed by atoms with Crippen molar-refractivity contribution in [2.75, 3.05) is 13.1 Å². The summed E-state index contributed by atoms with van der Waals surface area (Å²) in [7, 11) is 0. The molecule has 2 unspecified atom stereocenters. The van der Waals surface area contributed by atoms with Crippen LogP contribution in [0.5, 0.6) is 0 Å². The van der Waals surface area contributed by atoms with Crippen LogP contribution in [0.2, 0.25) is 0 Å². The van der Waals surface area contributed by atoms with E-state index in [1.54, 1.807) is 6.07 Å². The van der Waals surface area contributed by atoms with Gasteiger partial charge in [-0.2, -0.15) is 0 Å². The van der Waals surface area contributed by atoms with Gasteiger partial charge >= 0.3 is 0 Å². The van der Waals surface area contributed by atoms with Gasteiger partial charge in [0.2, 0.25) is 0 Å². The van der Waals surface area contributed by atoms with Gasteiger partial charge in [-0.3, -0.25) is 9.59 Å². The summed E-state index contributed by atoms with van der Waals surface area (Å²) in [5, 5.41) is 3.31. The Morgan fingerprint density at radius 3 is 2.70 bits per heavy atom. The van der Waals surface area contributed by atoms with Crippen molar-refractivity contribution in [3.63, 3.8) is 0 Å². The molecule has 0 spiro atoms. The van der Waals surface area contributed by atoms with Crippen LogP contribution in [-0.2, 0) is 9.59 Å². The number of likely N-dealkylation sites (tertiary alicyclic amines) is 1. The van der Waals surface area contributed by atoms with E-state index in [1.165, 1.54) is 12.1 Å². The van der Waals surface area contributed by atoms with Gasteiger partial charge in [0.05, 0.1) is 5.92 Å². The van der Waals surface area contributed by atoms with Crippen LogP contribution in [0.4, 0.5) is 4.39 Å². The first-order chi connectivity index (χ1) is 13.1. The lowest BCUT2D eigenvalue weighted by Crippen LogP contribution is -2.45. The Morgan fingerprint density at radius 2 is 1.96 bits per heavy atom. The predicted molar refractivity (Wildman–Crippen MR) is 101 cm³/mol. The second kappa shape index (κ2) is 7.29. The number of hydrogen-bond acceptors (Lipinski definition) is 3. The minimum atomic E-state index is -0.437. The Bertz CT molecular complexity index is 836. The minimum Gasteiger partial charge on any atom is -0.362 e. The van der Waals surface area contributed by atoms with Crippen LogP contribution in [0.25, 0.3) is 0 Å². The van der Waals surface area contributed by atoms with E-state index >= 15 is 0 Å². The second-order valence-electron chi connectivity index (χ2n) is 7.69. The fourth-order valence-corrected chi connectivity index (χ4v) is 4.62. The lowest BCUT2D eigenvalue weighted by atomic mass is 9.70. The van der Waals surface area contributed by atoms with Crippen molar-refractivity contribution in [3.8, 4) is 0 Å². The zero-order chi connectivity index (χ0) is 19.0. The molecule has 0 aromatic heterocycles. The fourth-order valence-electron chi connectivity index (χ4n) is 4.62. The van der Waals surface area contributed by atoms with E-state index < -0.39 is 11.8 Å². The number of ketones is 1. The van der Waals surface area contributed by atoms with Crippen molar-refractivity contribution in [1.82, 2.24) is 10.2 Å². The highest BCUT2D eigenvalue weighted by molar-refractivity contribution is 5.99. The molecule has 2 heterocycles. The zero-order valence-corrected chi connectivity index (χ0v) is 15.6. The average Bonchev–Trinajstić information content (AvgIpc) is 2.67. The first kappa shape index (κ1) is 18.0. The standard InChI is InChI=1S/C22H25FN2O2/c1-14-19(22(27)25-11-3-2-4-12-25)20(15-7-5-8-16(23)13-15)21-17(24-14)9-6-10-18(21)26/h5,7-9,13,20-21,24H,2-4,6,10-12H2,1H3. The summed E-state index contributed by atoms with van der Waals surface area (Å²) in [5.74, 6) is -1.12. The van der Waals surface area contributed by atoms with Gasteiger partial charge in [0.1, 0.15) is 11.6 Å². The SMILES string of the molecule is CC1=C(C(=O)N2CCCCC2)C(c2cccc(F)c2)C2C(=O)CCC=C2N1. The summed E-state index contributed by atoms with van der Waals surface area (Å²) in [6.07, 6.45) is 6.36. The predicted octanol–water partition coefficient (Wildman–Crippen LogP) is 3.66. The first-order valence-corrected chi connectivity index (χ1v) is 9.81. The van der Waals surface area contributed by atoms with E-state index in [4.69, 9.17) is 0 Å². The summed E-state index contributed by atoms with van der Waals surface area (Å²) in [4.78, 5) is 28.1. The molecule has 0 saturated carbocycles. The van der Waals surface area contributed by atoms with Crippen molar-refractivity contribution < 1.29 is 14.0 Å². The molecule has 4 rings (SSSR count). The highest BCUT2D eigenvalue weighted by atomic mass is 19.1. The van der Waals surface area contributed by atoms with E-state index in [0.29, 0.717) is 24.0 Å². The molecule has 3 aliphatic rings. The summed E-state index contributed by atoms with van der Waals surface area (Å²) in [5.41, 5.74) is 2.94. The number of halogens is 1. The lowest BCUT2D eigenvalue weighted by Gasteiger charge is -2.40. The molecule has 0 radical (unpaired) electrons. The number of nitrogens with zero attached hydrogens (tertiary/aromatic N) is 1. The van der Waals surface area contributed by atoms with Crippen LogP contribution in [0.1, 0.15) is 50.5 Å². The Morgan fingerprint density at radius 1 is 1.19 bits per heavy atom. The van der Waals surface area contributed by atoms with Crippen molar-refractivity contribution in [1.29, 1.82) is 0 Å². The number of piperidine rings is 1. The van der Waals surface area contributed by atoms with E-state index in [1.807, 2.05) is 24.0 Å². The molecule has 1 fully saturated rings. The largest absolute Gasteiger partial charge is 0.362 e. The maximum atomic E-state index is 14.0. The molecule has 1 N–H and O–H groups in total. The third kappa shape index (κ3) is 3.31. The summed E-state index contributed by atoms with van der Waals surface area (Å²) in [6.45, 7) is 3.37. The molecule has 5 heteroatoms. The number of allylic oxidation sites excluding steroid dienone is 3. The third-order valence-electron chi connectivity index (χ3n) is 5.90. The molecule has 2 atom stereocenters. The van der Waals surface area contributed by atoms with Crippen molar-refractivity contribution in [2.45, 2.75) is 44.9 Å². The van der Waals surface area contributed by atoms with Crippen LogP contribution in [-0.4, -0.2) is 29.7 Å². The number of hydrogen-bond donors (Lipinski definition) is 1. The molecule has 2 aliphatic heterocycles. The fraction of sp³-hybridized carbons (Fsp3) is 0.455. The van der Waals surface area contributed by atoms with Crippen molar-refractivity contribution >= 4 is 11.7 Å². The zero-order valence-electron chi connectivity index (χ0n) is 15.6. The summed E-state index contributed by atoms with van der Waals surface area (Å²) in [6, 6.07) is 6.34. The number of Topliss-reactive ketones (excluding diaryl/α,β-unsaturated/α-hetero) is 1. The Kier molecular flexibility index (Phi) is 4.85. The molecule has 1 aliphatic carbocycles. The topological polar surface area (TPSA) is 49.4 Å². The Hall–Kier alpha value is -2.43. The molecule has 1 amide bonds. The number of carbonyl (C=O) groups is 2. The number of carbonyl (C=O) groups excluding carboxylic acids is 2. The molecular formula is C22H25FN2O2. The van der Waals surface area contributed by atoms with Gasteiger partial charge in [0.15, 0.2) is 0 Å². The highest BCUT2D eigenvalue weighted by Crippen LogP contribution is 2.44. The molecule has 1 saturated heterocycles. The van der Waals surface area contributed by atoms with E-state index in [0.717, 1.165) is 43.7 Å². The summed E-state index contributed by atoms with van der Waals surface area (Å²) >= 11 is 0. The Balaban J connectivity index is 1.82. The van der Waals surface area contributed by atoms with Gasteiger partial charge < -0.3 is 10.2 Å². The van der Waals surface area contributed by atoms with E-state index in [-0.39, 0.29) is 17.5 Å². The maximum absolute atomic E-state index is 14.0. The molecule has 142 valence electrons. The number of amides is 1. The van der Waals surface area contributed by atoms with Crippen molar-refractivity contribution in [3.05, 3.63) is 58.7 Å². The summed E-state index contributed by atoms with van der Waals surface area (Å²) < 4.78 is 14.0. The average molecular weight is 368 g/mol. The van der Waals surface area contributed by atoms with Crippen LogP contribution in [0, 0.1) is 11.7 Å². The van der Waals surface area contributed by atoms with Gasteiger partial charge in [-0.25, -0.2) is 4.39 Å². The minimum absolute atomic E-state index is 0.0219. The van der Waals surface area contributed by atoms with Gasteiger partial charge in [-0.15, -0.1) is 0 Å². The smallest absolute Gasteiger partial charge is 0.252 e. The number of nitrogens with one attached hydrogen (secondary N) is 1. The van der Waals surface area contributed by atoms with E-state index in [9.17, 15) is 14.0 Å². The molecule has 0 bridgehead atoms. The first-order valence-electron chi connectivity index (χ1n) is 9.81. The molecule has 4 nitrogen and oxygen atoms in total.